The topological polar surface area (TPSA) is 115 Å². The lowest BCUT2D eigenvalue weighted by Gasteiger charge is -2.39. The fourth-order valence-electron chi connectivity index (χ4n) is 3.98. The monoisotopic (exact) mass is 479 g/mol. The van der Waals surface area contributed by atoms with Crippen LogP contribution in [0.3, 0.4) is 0 Å². The number of halogens is 2. The van der Waals surface area contributed by atoms with E-state index in [1.807, 2.05) is 4.90 Å². The summed E-state index contributed by atoms with van der Waals surface area (Å²) in [6, 6.07) is 4.50. The smallest absolute Gasteiger partial charge is 0.282 e. The summed E-state index contributed by atoms with van der Waals surface area (Å²) in [5.74, 6) is 1.09. The van der Waals surface area contributed by atoms with Gasteiger partial charge in [0.15, 0.2) is 5.65 Å². The Bertz CT molecular complexity index is 1270. The molecular formula is C20H23F2N7O3S. The number of aromatic nitrogens is 5. The Kier molecular flexibility index (Phi) is 5.70. The molecule has 5 rings (SSSR count). The van der Waals surface area contributed by atoms with Crippen LogP contribution in [0, 0.1) is 5.92 Å². The van der Waals surface area contributed by atoms with E-state index in [9.17, 15) is 17.2 Å². The number of nitrogens with zero attached hydrogens (tertiary/aromatic N) is 6. The van der Waals surface area contributed by atoms with Gasteiger partial charge in [0.1, 0.15) is 23.5 Å². The molecule has 2 aliphatic rings. The average molecular weight is 480 g/mol. The number of rotatable bonds is 7. The van der Waals surface area contributed by atoms with Gasteiger partial charge in [-0.25, -0.2) is 41.4 Å². The van der Waals surface area contributed by atoms with Crippen molar-refractivity contribution < 1.29 is 21.9 Å². The van der Waals surface area contributed by atoms with Crippen LogP contribution in [0.5, 0.6) is 0 Å². The molecule has 1 saturated carbocycles. The number of nitrogens with one attached hydrogen (secondary N) is 1. The Hall–Kier alpha value is -2.77. The molecule has 1 N–H and O–H groups in total. The van der Waals surface area contributed by atoms with Crippen molar-refractivity contribution in [2.75, 3.05) is 30.8 Å². The number of sulfonamides is 1. The Morgan fingerprint density at radius 1 is 1.21 bits per heavy atom. The molecule has 176 valence electrons. The van der Waals surface area contributed by atoms with Crippen LogP contribution < -0.4 is 9.62 Å². The van der Waals surface area contributed by atoms with Gasteiger partial charge in [-0.1, -0.05) is 0 Å². The number of hydrogen-bond donors (Lipinski definition) is 1. The number of ether oxygens (including phenoxy) is 1. The summed E-state index contributed by atoms with van der Waals surface area (Å²) in [4.78, 5) is 15.0. The molecule has 3 aromatic rings. The molecule has 0 amide bonds. The van der Waals surface area contributed by atoms with Gasteiger partial charge in [0.25, 0.3) is 6.43 Å². The van der Waals surface area contributed by atoms with Crippen molar-refractivity contribution in [3.05, 3.63) is 36.4 Å². The zero-order valence-corrected chi connectivity index (χ0v) is 18.6. The minimum atomic E-state index is -3.34. The lowest BCUT2D eigenvalue weighted by atomic mass is 10.1. The van der Waals surface area contributed by atoms with Crippen LogP contribution >= 0.6 is 0 Å². The van der Waals surface area contributed by atoms with Crippen LogP contribution in [-0.4, -0.2) is 71.1 Å². The lowest BCUT2D eigenvalue weighted by Crippen LogP contribution is -2.52. The van der Waals surface area contributed by atoms with Crippen molar-refractivity contribution in [2.24, 2.45) is 5.92 Å². The maximum atomic E-state index is 13.1. The SMILES string of the molecule is CS(=O)(=O)NCC1CN(c2cc(-c3cnc4ccc(C(F)F)nn34)ncn2)CC(C2CC2)O1. The maximum absolute atomic E-state index is 13.1. The highest BCUT2D eigenvalue weighted by Crippen LogP contribution is 2.37. The van der Waals surface area contributed by atoms with Gasteiger partial charge >= 0.3 is 0 Å². The van der Waals surface area contributed by atoms with E-state index in [4.69, 9.17) is 4.74 Å². The Labute approximate surface area is 189 Å². The van der Waals surface area contributed by atoms with E-state index in [2.05, 4.69) is 24.8 Å². The molecule has 2 atom stereocenters. The van der Waals surface area contributed by atoms with Crippen LogP contribution in [0.25, 0.3) is 17.0 Å². The summed E-state index contributed by atoms with van der Waals surface area (Å²) < 4.78 is 59.4. The van der Waals surface area contributed by atoms with Gasteiger partial charge in [-0.3, -0.25) is 0 Å². The molecule has 13 heteroatoms. The first-order valence-electron chi connectivity index (χ1n) is 10.6. The van der Waals surface area contributed by atoms with Gasteiger partial charge in [-0.15, -0.1) is 0 Å². The third-order valence-corrected chi connectivity index (χ3v) is 6.45. The number of anilines is 1. The molecule has 0 radical (unpaired) electrons. The summed E-state index contributed by atoms with van der Waals surface area (Å²) in [7, 11) is -3.34. The first-order valence-corrected chi connectivity index (χ1v) is 12.5. The molecule has 0 bridgehead atoms. The zero-order valence-electron chi connectivity index (χ0n) is 17.8. The quantitative estimate of drug-likeness (QED) is 0.544. The number of hydrogen-bond acceptors (Lipinski definition) is 8. The third kappa shape index (κ3) is 4.94. The van der Waals surface area contributed by atoms with Gasteiger partial charge < -0.3 is 9.64 Å². The van der Waals surface area contributed by atoms with Crippen molar-refractivity contribution in [3.63, 3.8) is 0 Å². The highest BCUT2D eigenvalue weighted by molar-refractivity contribution is 7.88. The van der Waals surface area contributed by atoms with E-state index in [-0.39, 0.29) is 24.4 Å². The second kappa shape index (κ2) is 8.54. The molecule has 2 fully saturated rings. The highest BCUT2D eigenvalue weighted by atomic mass is 32.2. The molecule has 1 aliphatic carbocycles. The number of imidazole rings is 1. The van der Waals surface area contributed by atoms with Gasteiger partial charge in [0.05, 0.1) is 30.4 Å². The molecule has 10 nitrogen and oxygen atoms in total. The van der Waals surface area contributed by atoms with Crippen LogP contribution in [0.1, 0.15) is 25.0 Å². The van der Waals surface area contributed by atoms with Crippen LogP contribution in [0.4, 0.5) is 14.6 Å². The number of morpholine rings is 1. The van der Waals surface area contributed by atoms with Crippen molar-refractivity contribution in [1.82, 2.24) is 29.3 Å². The van der Waals surface area contributed by atoms with E-state index in [1.165, 1.54) is 29.2 Å². The minimum Gasteiger partial charge on any atom is -0.370 e. The summed E-state index contributed by atoms with van der Waals surface area (Å²) >= 11 is 0. The second-order valence-corrected chi connectivity index (χ2v) is 10.2. The second-order valence-electron chi connectivity index (χ2n) is 8.39. The summed E-state index contributed by atoms with van der Waals surface area (Å²) in [6.07, 6.45) is 3.18. The zero-order chi connectivity index (χ0) is 23.2. The summed E-state index contributed by atoms with van der Waals surface area (Å²) in [5.41, 5.74) is 1.05. The maximum Gasteiger partial charge on any atom is 0.282 e. The van der Waals surface area contributed by atoms with E-state index < -0.39 is 16.4 Å². The molecule has 1 saturated heterocycles. The lowest BCUT2D eigenvalue weighted by molar-refractivity contribution is -0.0335. The normalized spacial score (nSPS) is 21.8. The molecule has 0 spiro atoms. The highest BCUT2D eigenvalue weighted by Gasteiger charge is 2.39. The average Bonchev–Trinajstić information content (AvgIpc) is 3.56. The van der Waals surface area contributed by atoms with Crippen molar-refractivity contribution in [2.45, 2.75) is 31.5 Å². The Morgan fingerprint density at radius 3 is 2.76 bits per heavy atom. The van der Waals surface area contributed by atoms with Crippen LogP contribution in [0.2, 0.25) is 0 Å². The minimum absolute atomic E-state index is 0.0189. The first kappa shape index (κ1) is 22.0. The number of fused-ring (bicyclic) bond motifs is 1. The largest absolute Gasteiger partial charge is 0.370 e. The van der Waals surface area contributed by atoms with Gasteiger partial charge in [0, 0.05) is 25.7 Å². The van der Waals surface area contributed by atoms with Gasteiger partial charge in [0.2, 0.25) is 10.0 Å². The molecule has 33 heavy (non-hydrogen) atoms. The molecular weight excluding hydrogens is 456 g/mol. The van der Waals surface area contributed by atoms with Crippen molar-refractivity contribution in [1.29, 1.82) is 0 Å². The molecule has 0 aromatic carbocycles. The standard InChI is InChI=1S/C20H23F2N7O3S/c1-33(30,31)26-7-13-9-28(10-17(32-13)12-2-3-12)19-6-15(24-11-25-19)16-8-23-18-5-4-14(20(21)22)27-29(16)18/h4-6,8,11-13,17,20,26H,2-3,7,9-10H2,1H3. The molecule has 3 aromatic heterocycles. The molecule has 2 unspecified atom stereocenters. The van der Waals surface area contributed by atoms with Gasteiger partial charge in [-0.05, 0) is 30.9 Å². The molecule has 4 heterocycles. The van der Waals surface area contributed by atoms with E-state index in [0.717, 1.165) is 19.1 Å². The fourth-order valence-corrected chi connectivity index (χ4v) is 4.47. The first-order chi connectivity index (χ1) is 15.8. The van der Waals surface area contributed by atoms with Crippen molar-refractivity contribution >= 4 is 21.5 Å². The van der Waals surface area contributed by atoms with E-state index >= 15 is 0 Å². The summed E-state index contributed by atoms with van der Waals surface area (Å²) in [6.45, 7) is 1.24. The molecule has 1 aliphatic heterocycles. The number of alkyl halides is 2. The third-order valence-electron chi connectivity index (χ3n) is 5.76. The van der Waals surface area contributed by atoms with E-state index in [1.54, 1.807) is 6.07 Å². The van der Waals surface area contributed by atoms with E-state index in [0.29, 0.717) is 41.9 Å². The van der Waals surface area contributed by atoms with Crippen LogP contribution in [0.15, 0.2) is 30.7 Å². The Balaban J connectivity index is 1.43. The summed E-state index contributed by atoms with van der Waals surface area (Å²) in [5, 5.41) is 4.00. The predicted molar refractivity (Wildman–Crippen MR) is 115 cm³/mol. The fraction of sp³-hybridized carbons (Fsp3) is 0.500. The van der Waals surface area contributed by atoms with Crippen LogP contribution in [-0.2, 0) is 14.8 Å². The van der Waals surface area contributed by atoms with Crippen molar-refractivity contribution in [3.8, 4) is 11.4 Å². The Morgan fingerprint density at radius 2 is 2.03 bits per heavy atom. The van der Waals surface area contributed by atoms with Gasteiger partial charge in [-0.2, -0.15) is 5.10 Å². The predicted octanol–water partition coefficient (Wildman–Crippen LogP) is 1.66.